The van der Waals surface area contributed by atoms with Crippen LogP contribution in [0.2, 0.25) is 5.02 Å². The van der Waals surface area contributed by atoms with Gasteiger partial charge in [0.25, 0.3) is 0 Å². The number of halogens is 1. The highest BCUT2D eigenvalue weighted by atomic mass is 35.5. The first-order chi connectivity index (χ1) is 20.4. The second-order valence-electron chi connectivity index (χ2n) is 10.3. The minimum absolute atomic E-state index is 0.285. The Morgan fingerprint density at radius 3 is 1.86 bits per heavy atom. The molecule has 1 aromatic heterocycles. The van der Waals surface area contributed by atoms with Crippen LogP contribution in [-0.2, 0) is 28.5 Å². The Hall–Kier alpha value is -3.97. The highest BCUT2D eigenvalue weighted by Gasteiger charge is 2.38. The van der Waals surface area contributed by atoms with E-state index >= 15 is 0 Å². The number of allylic oxidation sites excluding steroid dienone is 1. The summed E-state index contributed by atoms with van der Waals surface area (Å²) < 4.78 is 29.0. The van der Waals surface area contributed by atoms with E-state index in [2.05, 4.69) is 83.6 Å². The zero-order valence-corrected chi connectivity index (χ0v) is 25.1. The Bertz CT molecular complexity index is 1610. The van der Waals surface area contributed by atoms with Crippen LogP contribution in [-0.4, -0.2) is 29.3 Å². The molecule has 0 spiro atoms. The Kier molecular flexibility index (Phi) is 9.38. The molecule has 0 aliphatic rings. The largest absolute Gasteiger partial charge is 0.319 e. The standard InChI is InChI=1S/C35H34ClN3O2S/c1-38(26-29-21-23-33(36)24-22-29)42(40,41)25-13-5-12-20-34-27-39(28-37-34)35(30-14-6-2-7-15-30,31-16-8-3-9-17-31)32-18-10-4-11-19-32/h2-4,6-11,13-19,21-25,27-28H,5,12,20,26H2,1H3. The maximum atomic E-state index is 12.8. The molecule has 0 aliphatic carbocycles. The van der Waals surface area contributed by atoms with Crippen molar-refractivity contribution in [2.24, 2.45) is 0 Å². The van der Waals surface area contributed by atoms with Crippen molar-refractivity contribution in [3.05, 3.63) is 172 Å². The summed E-state index contributed by atoms with van der Waals surface area (Å²) in [5, 5.41) is 1.92. The Morgan fingerprint density at radius 1 is 0.810 bits per heavy atom. The van der Waals surface area contributed by atoms with E-state index in [1.807, 2.05) is 36.7 Å². The molecule has 0 saturated carbocycles. The number of hydrogen-bond acceptors (Lipinski definition) is 3. The van der Waals surface area contributed by atoms with Crippen molar-refractivity contribution in [3.63, 3.8) is 0 Å². The molecule has 0 amide bonds. The summed E-state index contributed by atoms with van der Waals surface area (Å²) in [6.07, 6.45) is 7.89. The number of hydrogen-bond donors (Lipinski definition) is 0. The third-order valence-corrected chi connectivity index (χ3v) is 9.21. The predicted molar refractivity (Wildman–Crippen MR) is 171 cm³/mol. The van der Waals surface area contributed by atoms with Gasteiger partial charge >= 0.3 is 0 Å². The molecule has 0 bridgehead atoms. The fourth-order valence-corrected chi connectivity index (χ4v) is 6.33. The molecule has 0 fully saturated rings. The molecule has 0 saturated heterocycles. The number of rotatable bonds is 12. The lowest BCUT2D eigenvalue weighted by atomic mass is 9.77. The van der Waals surface area contributed by atoms with Gasteiger partial charge in [-0.15, -0.1) is 0 Å². The van der Waals surface area contributed by atoms with Crippen molar-refractivity contribution in [2.75, 3.05) is 7.05 Å². The molecular weight excluding hydrogens is 562 g/mol. The maximum Gasteiger partial charge on any atom is 0.235 e. The molecular formula is C35H34ClN3O2S. The number of unbranched alkanes of at least 4 members (excludes halogenated alkanes) is 1. The smallest absolute Gasteiger partial charge is 0.235 e. The summed E-state index contributed by atoms with van der Waals surface area (Å²) >= 11 is 5.94. The van der Waals surface area contributed by atoms with Crippen LogP contribution in [0.1, 0.15) is 40.8 Å². The van der Waals surface area contributed by atoms with Gasteiger partial charge in [-0.05, 0) is 53.6 Å². The summed E-state index contributed by atoms with van der Waals surface area (Å²) in [7, 11) is -1.94. The first-order valence-corrected chi connectivity index (χ1v) is 15.8. The lowest BCUT2D eigenvalue weighted by Crippen LogP contribution is -2.36. The van der Waals surface area contributed by atoms with Gasteiger partial charge in [0.05, 0.1) is 12.0 Å². The second-order valence-corrected chi connectivity index (χ2v) is 12.6. The first kappa shape index (κ1) is 29.5. The molecule has 0 N–H and O–H groups in total. The molecule has 0 radical (unpaired) electrons. The lowest BCUT2D eigenvalue weighted by molar-refractivity contribution is 0.475. The predicted octanol–water partition coefficient (Wildman–Crippen LogP) is 7.67. The highest BCUT2D eigenvalue weighted by Crippen LogP contribution is 2.40. The molecule has 5 aromatic rings. The number of nitrogens with zero attached hydrogens (tertiary/aromatic N) is 3. The lowest BCUT2D eigenvalue weighted by Gasteiger charge is -2.37. The molecule has 5 rings (SSSR count). The van der Waals surface area contributed by atoms with Crippen molar-refractivity contribution >= 4 is 21.6 Å². The summed E-state index contributed by atoms with van der Waals surface area (Å²) in [6.45, 7) is 0.285. The van der Waals surface area contributed by atoms with Crippen LogP contribution in [0.4, 0.5) is 0 Å². The van der Waals surface area contributed by atoms with Gasteiger partial charge in [0.2, 0.25) is 10.0 Å². The van der Waals surface area contributed by atoms with Crippen LogP contribution < -0.4 is 0 Å². The van der Waals surface area contributed by atoms with E-state index in [9.17, 15) is 8.42 Å². The van der Waals surface area contributed by atoms with Crippen LogP contribution in [0.3, 0.4) is 0 Å². The van der Waals surface area contributed by atoms with Crippen LogP contribution in [0, 0.1) is 0 Å². The van der Waals surface area contributed by atoms with Gasteiger partial charge in [0.1, 0.15) is 5.54 Å². The quantitative estimate of drug-likeness (QED) is 0.110. The van der Waals surface area contributed by atoms with Gasteiger partial charge < -0.3 is 4.57 Å². The van der Waals surface area contributed by atoms with Crippen LogP contribution in [0.25, 0.3) is 0 Å². The molecule has 42 heavy (non-hydrogen) atoms. The monoisotopic (exact) mass is 595 g/mol. The van der Waals surface area contributed by atoms with Gasteiger partial charge in [-0.25, -0.2) is 13.4 Å². The maximum absolute atomic E-state index is 12.8. The summed E-state index contributed by atoms with van der Waals surface area (Å²) in [6, 6.07) is 38.7. The highest BCUT2D eigenvalue weighted by molar-refractivity contribution is 7.92. The zero-order valence-electron chi connectivity index (χ0n) is 23.6. The van der Waals surface area contributed by atoms with Gasteiger partial charge in [-0.2, -0.15) is 4.31 Å². The van der Waals surface area contributed by atoms with Crippen LogP contribution >= 0.6 is 11.6 Å². The van der Waals surface area contributed by atoms with Gasteiger partial charge in [0, 0.05) is 30.2 Å². The molecule has 0 unspecified atom stereocenters. The third kappa shape index (κ3) is 6.57. The van der Waals surface area contributed by atoms with Crippen LogP contribution in [0.15, 0.2) is 139 Å². The number of aromatic nitrogens is 2. The Labute approximate surface area is 253 Å². The average molecular weight is 596 g/mol. The molecule has 0 aliphatic heterocycles. The van der Waals surface area contributed by atoms with Crippen molar-refractivity contribution in [3.8, 4) is 0 Å². The summed E-state index contributed by atoms with van der Waals surface area (Å²) in [4.78, 5) is 4.79. The normalized spacial score (nSPS) is 12.3. The topological polar surface area (TPSA) is 55.2 Å². The minimum Gasteiger partial charge on any atom is -0.319 e. The van der Waals surface area contributed by atoms with Gasteiger partial charge in [-0.1, -0.05) is 121 Å². The zero-order chi connectivity index (χ0) is 29.4. The fourth-order valence-electron chi connectivity index (χ4n) is 5.29. The number of sulfonamides is 1. The molecule has 7 heteroatoms. The second kappa shape index (κ2) is 13.3. The van der Waals surface area contributed by atoms with Crippen molar-refractivity contribution < 1.29 is 8.42 Å². The fraction of sp³-hybridized carbons (Fsp3) is 0.171. The van der Waals surface area contributed by atoms with E-state index in [0.717, 1.165) is 40.8 Å². The van der Waals surface area contributed by atoms with Crippen molar-refractivity contribution in [1.29, 1.82) is 0 Å². The summed E-state index contributed by atoms with van der Waals surface area (Å²) in [5.74, 6) is 0. The van der Waals surface area contributed by atoms with E-state index in [1.165, 1.54) is 9.71 Å². The van der Waals surface area contributed by atoms with Crippen LogP contribution in [0.5, 0.6) is 0 Å². The van der Waals surface area contributed by atoms with E-state index in [1.54, 1.807) is 25.3 Å². The summed E-state index contributed by atoms with van der Waals surface area (Å²) in [5.41, 5.74) is 4.66. The molecule has 0 atom stereocenters. The molecule has 1 heterocycles. The van der Waals surface area contributed by atoms with E-state index in [-0.39, 0.29) is 6.54 Å². The van der Waals surface area contributed by atoms with E-state index < -0.39 is 15.6 Å². The average Bonchev–Trinajstić information content (AvgIpc) is 3.49. The van der Waals surface area contributed by atoms with E-state index in [0.29, 0.717) is 11.4 Å². The number of imidazole rings is 1. The molecule has 5 nitrogen and oxygen atoms in total. The Balaban J connectivity index is 1.32. The van der Waals surface area contributed by atoms with Crippen molar-refractivity contribution in [2.45, 2.75) is 31.3 Å². The van der Waals surface area contributed by atoms with Crippen molar-refractivity contribution in [1.82, 2.24) is 13.9 Å². The minimum atomic E-state index is -3.52. The van der Waals surface area contributed by atoms with Gasteiger partial charge in [0.15, 0.2) is 0 Å². The SMILES string of the molecule is CN(Cc1ccc(Cl)cc1)S(=O)(=O)C=CCCCc1cn(C(c2ccccc2)(c2ccccc2)c2ccccc2)cn1. The third-order valence-electron chi connectivity index (χ3n) is 7.42. The molecule has 4 aromatic carbocycles. The van der Waals surface area contributed by atoms with E-state index in [4.69, 9.17) is 16.6 Å². The molecule has 214 valence electrons. The number of aryl methyl sites for hydroxylation is 1. The van der Waals surface area contributed by atoms with Gasteiger partial charge in [-0.3, -0.25) is 0 Å². The first-order valence-electron chi connectivity index (χ1n) is 14.0. The Morgan fingerprint density at radius 2 is 1.33 bits per heavy atom. The number of benzene rings is 4.